The van der Waals surface area contributed by atoms with Crippen molar-refractivity contribution in [2.75, 3.05) is 14.2 Å². The molecular formula is C16H12ClNO4S. The van der Waals surface area contributed by atoms with Crippen LogP contribution >= 0.6 is 22.9 Å². The van der Waals surface area contributed by atoms with Crippen molar-refractivity contribution in [1.82, 2.24) is 4.57 Å². The number of aromatic nitrogens is 1. The smallest absolute Gasteiger partial charge is 0.343 e. The van der Waals surface area contributed by atoms with E-state index in [-0.39, 0.29) is 11.0 Å². The molecule has 0 aliphatic rings. The van der Waals surface area contributed by atoms with E-state index in [1.54, 1.807) is 29.9 Å². The van der Waals surface area contributed by atoms with Gasteiger partial charge in [-0.15, -0.1) is 11.3 Å². The van der Waals surface area contributed by atoms with Crippen molar-refractivity contribution in [2.45, 2.75) is 0 Å². The summed E-state index contributed by atoms with van der Waals surface area (Å²) in [6, 6.07) is 8.82. The van der Waals surface area contributed by atoms with E-state index in [9.17, 15) is 9.59 Å². The van der Waals surface area contributed by atoms with Crippen LogP contribution in [-0.4, -0.2) is 24.8 Å². The maximum atomic E-state index is 12.4. The Labute approximate surface area is 140 Å². The normalized spacial score (nSPS) is 10.7. The van der Waals surface area contributed by atoms with E-state index in [4.69, 9.17) is 21.1 Å². The summed E-state index contributed by atoms with van der Waals surface area (Å²) in [6.07, 6.45) is 1.48. The first-order valence-corrected chi connectivity index (χ1v) is 7.82. The molecule has 0 spiro atoms. The molecule has 1 aromatic carbocycles. The molecule has 0 aliphatic heterocycles. The molecule has 3 aromatic rings. The Kier molecular flexibility index (Phi) is 4.11. The van der Waals surface area contributed by atoms with Crippen LogP contribution in [0.3, 0.4) is 0 Å². The van der Waals surface area contributed by atoms with Crippen molar-refractivity contribution in [1.29, 1.82) is 0 Å². The van der Waals surface area contributed by atoms with Crippen LogP contribution < -0.4 is 10.2 Å². The van der Waals surface area contributed by atoms with Gasteiger partial charge in [-0.2, -0.15) is 0 Å². The summed E-state index contributed by atoms with van der Waals surface area (Å²) in [7, 11) is 2.82. The first-order valence-electron chi connectivity index (χ1n) is 6.62. The molecule has 0 N–H and O–H groups in total. The Morgan fingerprint density at radius 1 is 1.22 bits per heavy atom. The van der Waals surface area contributed by atoms with Crippen LogP contribution in [0.2, 0.25) is 4.34 Å². The highest BCUT2D eigenvalue weighted by Crippen LogP contribution is 2.30. The first kappa shape index (κ1) is 15.6. The Morgan fingerprint density at radius 2 is 1.91 bits per heavy atom. The number of hydrogen-bond donors (Lipinski definition) is 0. The molecule has 2 heterocycles. The van der Waals surface area contributed by atoms with Gasteiger partial charge in [-0.25, -0.2) is 4.79 Å². The van der Waals surface area contributed by atoms with Crippen molar-refractivity contribution in [3.8, 4) is 11.4 Å². The lowest BCUT2D eigenvalue weighted by Gasteiger charge is -2.11. The number of nitrogens with zero attached hydrogens (tertiary/aromatic N) is 1. The van der Waals surface area contributed by atoms with Crippen LogP contribution in [0.15, 0.2) is 41.3 Å². The number of fused-ring (bicyclic) bond motifs is 1. The van der Waals surface area contributed by atoms with Crippen LogP contribution in [0.5, 0.6) is 5.75 Å². The number of carbonyl (C=O) groups excluding carboxylic acids is 1. The highest BCUT2D eigenvalue weighted by molar-refractivity contribution is 7.22. The fourth-order valence-electron chi connectivity index (χ4n) is 2.28. The fourth-order valence-corrected chi connectivity index (χ4v) is 3.48. The maximum absolute atomic E-state index is 12.4. The van der Waals surface area contributed by atoms with Crippen LogP contribution in [0, 0.1) is 0 Å². The van der Waals surface area contributed by atoms with Crippen LogP contribution in [0.25, 0.3) is 15.9 Å². The fraction of sp³-hybridized carbons (Fsp3) is 0.125. The number of esters is 1. The van der Waals surface area contributed by atoms with Crippen LogP contribution in [-0.2, 0) is 4.74 Å². The number of benzene rings is 1. The Balaban J connectivity index is 2.31. The molecular weight excluding hydrogens is 338 g/mol. The minimum atomic E-state index is -0.679. The molecule has 5 nitrogen and oxygen atoms in total. The molecule has 7 heteroatoms. The zero-order valence-corrected chi connectivity index (χ0v) is 13.9. The third-order valence-electron chi connectivity index (χ3n) is 3.40. The van der Waals surface area contributed by atoms with E-state index in [1.165, 1.54) is 24.6 Å². The molecule has 0 unspecified atom stereocenters. The second-order valence-corrected chi connectivity index (χ2v) is 6.36. The van der Waals surface area contributed by atoms with Crippen molar-refractivity contribution in [3.05, 3.63) is 56.7 Å². The molecule has 0 saturated heterocycles. The standard InChI is InChI=1S/C16H12ClNO4S/c1-21-10-5-3-9(4-6-10)18-8-12(16(20)22-2)14(19)11-7-13(17)23-15(11)18/h3-8H,1-2H3. The van der Waals surface area contributed by atoms with Gasteiger partial charge in [0.25, 0.3) is 0 Å². The predicted molar refractivity (Wildman–Crippen MR) is 90.3 cm³/mol. The van der Waals surface area contributed by atoms with Crippen LogP contribution in [0.4, 0.5) is 0 Å². The Bertz CT molecular complexity index is 943. The second kappa shape index (κ2) is 6.06. The molecule has 23 heavy (non-hydrogen) atoms. The highest BCUT2D eigenvalue weighted by Gasteiger charge is 2.18. The van der Waals surface area contributed by atoms with E-state index >= 15 is 0 Å². The third-order valence-corrected chi connectivity index (χ3v) is 4.67. The van der Waals surface area contributed by atoms with Gasteiger partial charge in [-0.1, -0.05) is 11.6 Å². The summed E-state index contributed by atoms with van der Waals surface area (Å²) in [5, 5.41) is 0.388. The van der Waals surface area contributed by atoms with Crippen molar-refractivity contribution in [3.63, 3.8) is 0 Å². The molecule has 118 valence electrons. The monoisotopic (exact) mass is 349 g/mol. The number of carbonyl (C=O) groups is 1. The number of pyridine rings is 1. The molecule has 0 bridgehead atoms. The summed E-state index contributed by atoms with van der Waals surface area (Å²) < 4.78 is 12.1. The molecule has 0 radical (unpaired) electrons. The van der Waals surface area contributed by atoms with Gasteiger partial charge in [0.05, 0.1) is 23.9 Å². The second-order valence-electron chi connectivity index (χ2n) is 4.70. The van der Waals surface area contributed by atoms with Gasteiger partial charge in [0.15, 0.2) is 0 Å². The summed E-state index contributed by atoms with van der Waals surface area (Å²) in [5.41, 5.74) is 0.351. The minimum Gasteiger partial charge on any atom is -0.497 e. The number of ether oxygens (including phenoxy) is 2. The SMILES string of the molecule is COC(=O)c1cn(-c2ccc(OC)cc2)c2sc(Cl)cc2c1=O. The van der Waals surface area contributed by atoms with Gasteiger partial charge in [0, 0.05) is 11.9 Å². The van der Waals surface area contributed by atoms with E-state index in [2.05, 4.69) is 0 Å². The van der Waals surface area contributed by atoms with Gasteiger partial charge in [0.1, 0.15) is 16.1 Å². The van der Waals surface area contributed by atoms with Crippen molar-refractivity contribution in [2.24, 2.45) is 0 Å². The Hall–Kier alpha value is -2.31. The minimum absolute atomic E-state index is 0.0368. The summed E-state index contributed by atoms with van der Waals surface area (Å²) in [6.45, 7) is 0. The van der Waals surface area contributed by atoms with Crippen molar-refractivity contribution >= 4 is 39.1 Å². The molecule has 0 amide bonds. The molecule has 0 atom stereocenters. The van der Waals surface area contributed by atoms with Gasteiger partial charge in [0.2, 0.25) is 5.43 Å². The van der Waals surface area contributed by atoms with E-state index in [1.807, 2.05) is 12.1 Å². The zero-order valence-electron chi connectivity index (χ0n) is 12.3. The maximum Gasteiger partial charge on any atom is 0.343 e. The average molecular weight is 350 g/mol. The number of methoxy groups -OCH3 is 2. The van der Waals surface area contributed by atoms with Gasteiger partial charge in [-0.3, -0.25) is 4.79 Å². The van der Waals surface area contributed by atoms with Crippen LogP contribution in [0.1, 0.15) is 10.4 Å². The third kappa shape index (κ3) is 2.71. The lowest BCUT2D eigenvalue weighted by molar-refractivity contribution is 0.0599. The molecule has 0 aliphatic carbocycles. The summed E-state index contributed by atoms with van der Waals surface area (Å²) in [5.74, 6) is 0.0323. The number of rotatable bonds is 3. The summed E-state index contributed by atoms with van der Waals surface area (Å²) >= 11 is 7.33. The van der Waals surface area contributed by atoms with Gasteiger partial charge in [-0.05, 0) is 30.3 Å². The first-order chi connectivity index (χ1) is 11.0. The predicted octanol–water partition coefficient (Wildman–Crippen LogP) is 3.50. The highest BCUT2D eigenvalue weighted by atomic mass is 35.5. The lowest BCUT2D eigenvalue weighted by Crippen LogP contribution is -2.18. The largest absolute Gasteiger partial charge is 0.497 e. The quantitative estimate of drug-likeness (QED) is 0.679. The van der Waals surface area contributed by atoms with E-state index in [0.717, 1.165) is 5.69 Å². The van der Waals surface area contributed by atoms with E-state index in [0.29, 0.717) is 20.3 Å². The lowest BCUT2D eigenvalue weighted by atomic mass is 10.2. The van der Waals surface area contributed by atoms with Gasteiger partial charge < -0.3 is 14.0 Å². The van der Waals surface area contributed by atoms with Gasteiger partial charge >= 0.3 is 5.97 Å². The molecule has 3 rings (SSSR count). The Morgan fingerprint density at radius 3 is 2.52 bits per heavy atom. The topological polar surface area (TPSA) is 57.5 Å². The number of hydrogen-bond acceptors (Lipinski definition) is 5. The molecule has 0 fully saturated rings. The van der Waals surface area contributed by atoms with E-state index < -0.39 is 5.97 Å². The number of thiophene rings is 1. The number of halogens is 1. The summed E-state index contributed by atoms with van der Waals surface area (Å²) in [4.78, 5) is 25.0. The zero-order chi connectivity index (χ0) is 16.6. The molecule has 0 saturated carbocycles. The molecule has 2 aromatic heterocycles. The average Bonchev–Trinajstić information content (AvgIpc) is 2.97. The van der Waals surface area contributed by atoms with Crippen molar-refractivity contribution < 1.29 is 14.3 Å².